The highest BCUT2D eigenvalue weighted by atomic mass is 35.5. The van der Waals surface area contributed by atoms with Crippen LogP contribution in [0.1, 0.15) is 13.8 Å². The number of guanidine groups is 1. The Morgan fingerprint density at radius 3 is 2.53 bits per heavy atom. The summed E-state index contributed by atoms with van der Waals surface area (Å²) in [5, 5.41) is 2.99. The van der Waals surface area contributed by atoms with E-state index in [1.54, 1.807) is 0 Å². The average Bonchev–Trinajstić information content (AvgIpc) is 2.15. The van der Waals surface area contributed by atoms with E-state index in [1.807, 2.05) is 24.3 Å². The molecule has 0 unspecified atom stereocenters. The van der Waals surface area contributed by atoms with Gasteiger partial charge in [0, 0.05) is 17.9 Å². The molecule has 0 radical (unpaired) electrons. The van der Waals surface area contributed by atoms with E-state index in [0.717, 1.165) is 12.2 Å². The van der Waals surface area contributed by atoms with Crippen LogP contribution in [0.4, 0.5) is 11.4 Å². The van der Waals surface area contributed by atoms with Crippen LogP contribution >= 0.6 is 24.8 Å². The number of nitrogen functional groups attached to an aromatic ring is 1. The fourth-order valence-electron chi connectivity index (χ4n) is 1.08. The number of hydrogen-bond donors (Lipinski definition) is 3. The summed E-state index contributed by atoms with van der Waals surface area (Å²) in [6.45, 7) is 4.91. The molecule has 0 aliphatic carbocycles. The van der Waals surface area contributed by atoms with Crippen LogP contribution in [-0.2, 0) is 0 Å². The zero-order valence-corrected chi connectivity index (χ0v) is 11.6. The van der Waals surface area contributed by atoms with Crippen LogP contribution in [0.15, 0.2) is 29.3 Å². The van der Waals surface area contributed by atoms with Gasteiger partial charge in [0.15, 0.2) is 5.96 Å². The van der Waals surface area contributed by atoms with Gasteiger partial charge in [-0.15, -0.1) is 24.8 Å². The lowest BCUT2D eigenvalue weighted by Crippen LogP contribution is -2.23. The smallest absolute Gasteiger partial charge is 0.193 e. The molecule has 0 aromatic heterocycles. The molecule has 0 fully saturated rings. The van der Waals surface area contributed by atoms with Crippen molar-refractivity contribution in [2.24, 2.45) is 16.6 Å². The molecule has 6 heteroatoms. The summed E-state index contributed by atoms with van der Waals surface area (Å²) in [6.07, 6.45) is 0. The summed E-state index contributed by atoms with van der Waals surface area (Å²) < 4.78 is 0. The number of nitrogens with two attached hydrogens (primary N) is 2. The second kappa shape index (κ2) is 8.96. The molecule has 0 amide bonds. The van der Waals surface area contributed by atoms with Crippen molar-refractivity contribution in [3.8, 4) is 0 Å². The standard InChI is InChI=1S/C11H18N4.2ClH/c1-8(2)7-14-11(13)15-10-5-3-4-9(12)6-10;;/h3-6,8H,7,12H2,1-2H3,(H3,13,14,15);2*1H. The first-order valence-corrected chi connectivity index (χ1v) is 5.00. The predicted molar refractivity (Wildman–Crippen MR) is 80.3 cm³/mol. The van der Waals surface area contributed by atoms with Crippen LogP contribution in [0.25, 0.3) is 0 Å². The van der Waals surface area contributed by atoms with Gasteiger partial charge in [0.25, 0.3) is 0 Å². The minimum atomic E-state index is 0. The van der Waals surface area contributed by atoms with Gasteiger partial charge in [-0.05, 0) is 24.1 Å². The maximum absolute atomic E-state index is 5.70. The van der Waals surface area contributed by atoms with E-state index in [-0.39, 0.29) is 24.8 Å². The molecule has 0 aliphatic rings. The molecule has 0 saturated carbocycles. The summed E-state index contributed by atoms with van der Waals surface area (Å²) in [6, 6.07) is 7.41. The van der Waals surface area contributed by atoms with Gasteiger partial charge in [-0.3, -0.25) is 4.99 Å². The van der Waals surface area contributed by atoms with Crippen molar-refractivity contribution in [3.63, 3.8) is 0 Å². The first-order valence-electron chi connectivity index (χ1n) is 5.00. The lowest BCUT2D eigenvalue weighted by molar-refractivity contribution is 0.665. The van der Waals surface area contributed by atoms with Gasteiger partial charge >= 0.3 is 0 Å². The number of aliphatic imine (C=N–C) groups is 1. The Bertz CT molecular complexity index is 353. The number of benzene rings is 1. The fourth-order valence-corrected chi connectivity index (χ4v) is 1.08. The SMILES string of the molecule is CC(C)CN=C(N)Nc1cccc(N)c1.Cl.Cl. The van der Waals surface area contributed by atoms with Crippen molar-refractivity contribution >= 4 is 42.1 Å². The van der Waals surface area contributed by atoms with Gasteiger partial charge < -0.3 is 16.8 Å². The maximum atomic E-state index is 5.70. The number of rotatable bonds is 3. The second-order valence-electron chi connectivity index (χ2n) is 3.87. The van der Waals surface area contributed by atoms with Gasteiger partial charge in [0.2, 0.25) is 0 Å². The fraction of sp³-hybridized carbons (Fsp3) is 0.364. The van der Waals surface area contributed by atoms with Gasteiger partial charge in [-0.1, -0.05) is 19.9 Å². The van der Waals surface area contributed by atoms with Crippen molar-refractivity contribution < 1.29 is 0 Å². The van der Waals surface area contributed by atoms with Crippen molar-refractivity contribution in [2.75, 3.05) is 17.6 Å². The van der Waals surface area contributed by atoms with E-state index in [4.69, 9.17) is 11.5 Å². The van der Waals surface area contributed by atoms with Crippen LogP contribution in [0.2, 0.25) is 0 Å². The quantitative estimate of drug-likeness (QED) is 0.452. The largest absolute Gasteiger partial charge is 0.399 e. The van der Waals surface area contributed by atoms with Crippen LogP contribution < -0.4 is 16.8 Å². The Morgan fingerprint density at radius 1 is 1.35 bits per heavy atom. The Labute approximate surface area is 115 Å². The molecule has 17 heavy (non-hydrogen) atoms. The van der Waals surface area contributed by atoms with Gasteiger partial charge in [-0.25, -0.2) is 0 Å². The van der Waals surface area contributed by atoms with Gasteiger partial charge in [-0.2, -0.15) is 0 Å². The summed E-state index contributed by atoms with van der Waals surface area (Å²) in [5.41, 5.74) is 12.9. The highest BCUT2D eigenvalue weighted by Crippen LogP contribution is 2.11. The molecule has 0 atom stereocenters. The number of anilines is 2. The summed E-state index contributed by atoms with van der Waals surface area (Å²) in [7, 11) is 0. The molecule has 0 bridgehead atoms. The average molecular weight is 279 g/mol. The molecule has 1 aromatic carbocycles. The van der Waals surface area contributed by atoms with E-state index >= 15 is 0 Å². The molecule has 0 saturated heterocycles. The lowest BCUT2D eigenvalue weighted by atomic mass is 10.2. The van der Waals surface area contributed by atoms with Crippen molar-refractivity contribution in [2.45, 2.75) is 13.8 Å². The monoisotopic (exact) mass is 278 g/mol. The maximum Gasteiger partial charge on any atom is 0.193 e. The third kappa shape index (κ3) is 7.71. The van der Waals surface area contributed by atoms with E-state index in [9.17, 15) is 0 Å². The van der Waals surface area contributed by atoms with E-state index in [2.05, 4.69) is 24.2 Å². The first-order chi connectivity index (χ1) is 7.08. The number of halogens is 2. The van der Waals surface area contributed by atoms with Crippen molar-refractivity contribution in [1.82, 2.24) is 0 Å². The molecule has 0 spiro atoms. The van der Waals surface area contributed by atoms with Crippen molar-refractivity contribution in [1.29, 1.82) is 0 Å². The number of nitrogens with one attached hydrogen (secondary N) is 1. The molecule has 1 rings (SSSR count). The normalized spacial score (nSPS) is 10.4. The first kappa shape index (κ1) is 18.2. The third-order valence-electron chi connectivity index (χ3n) is 1.79. The summed E-state index contributed by atoms with van der Waals surface area (Å²) in [4.78, 5) is 4.19. The highest BCUT2D eigenvalue weighted by Gasteiger charge is 1.96. The van der Waals surface area contributed by atoms with Gasteiger partial charge in [0.05, 0.1) is 0 Å². The Hall–Kier alpha value is -1.13. The van der Waals surface area contributed by atoms with E-state index in [1.165, 1.54) is 0 Å². The molecule has 5 N–H and O–H groups in total. The molecular weight excluding hydrogens is 259 g/mol. The Morgan fingerprint density at radius 2 is 2.00 bits per heavy atom. The Kier molecular flexibility index (Phi) is 9.61. The molecule has 4 nitrogen and oxygen atoms in total. The minimum absolute atomic E-state index is 0. The zero-order chi connectivity index (χ0) is 11.3. The third-order valence-corrected chi connectivity index (χ3v) is 1.79. The van der Waals surface area contributed by atoms with Gasteiger partial charge in [0.1, 0.15) is 0 Å². The predicted octanol–water partition coefficient (Wildman–Crippen LogP) is 2.50. The number of hydrogen-bond acceptors (Lipinski definition) is 2. The van der Waals surface area contributed by atoms with Crippen LogP contribution in [0.3, 0.4) is 0 Å². The summed E-state index contributed by atoms with van der Waals surface area (Å²) in [5.74, 6) is 0.931. The number of nitrogens with zero attached hydrogens (tertiary/aromatic N) is 1. The highest BCUT2D eigenvalue weighted by molar-refractivity contribution is 5.92. The molecule has 0 aliphatic heterocycles. The second-order valence-corrected chi connectivity index (χ2v) is 3.87. The van der Waals surface area contributed by atoms with E-state index < -0.39 is 0 Å². The van der Waals surface area contributed by atoms with E-state index in [0.29, 0.717) is 17.6 Å². The van der Waals surface area contributed by atoms with Crippen LogP contribution in [0, 0.1) is 5.92 Å². The summed E-state index contributed by atoms with van der Waals surface area (Å²) >= 11 is 0. The van der Waals surface area contributed by atoms with Crippen molar-refractivity contribution in [3.05, 3.63) is 24.3 Å². The molecule has 98 valence electrons. The molecule has 1 aromatic rings. The van der Waals surface area contributed by atoms with Crippen LogP contribution in [-0.4, -0.2) is 12.5 Å². The molecular formula is C11H20Cl2N4. The Balaban J connectivity index is 0. The molecule has 0 heterocycles. The topological polar surface area (TPSA) is 76.4 Å². The minimum Gasteiger partial charge on any atom is -0.399 e. The zero-order valence-electron chi connectivity index (χ0n) is 10.0. The van der Waals surface area contributed by atoms with Crippen LogP contribution in [0.5, 0.6) is 0 Å². The lowest BCUT2D eigenvalue weighted by Gasteiger charge is -2.06.